The third kappa shape index (κ3) is 2.96. The topological polar surface area (TPSA) is 103 Å². The molecule has 2 heterocycles. The Morgan fingerprint density at radius 2 is 2.04 bits per heavy atom. The number of pyridine rings is 1. The second kappa shape index (κ2) is 6.11. The number of hydrogen-bond donors (Lipinski definition) is 2. The van der Waals surface area contributed by atoms with Crippen LogP contribution in [0.5, 0.6) is 0 Å². The summed E-state index contributed by atoms with van der Waals surface area (Å²) < 4.78 is 1.60. The predicted octanol–water partition coefficient (Wildman–Crippen LogP) is 1.46. The average Bonchev–Trinajstić information content (AvgIpc) is 2.92. The molecule has 0 radical (unpaired) electrons. The molecule has 7 nitrogen and oxygen atoms in total. The fourth-order valence-corrected chi connectivity index (χ4v) is 2.49. The Labute approximate surface area is 138 Å². The smallest absolute Gasteiger partial charge is 0.269 e. The lowest BCUT2D eigenvalue weighted by Gasteiger charge is -2.05. The molecule has 3 rings (SSSR count). The molecule has 3 N–H and O–H groups in total. The average molecular weight is 323 g/mol. The van der Waals surface area contributed by atoms with E-state index in [-0.39, 0.29) is 11.6 Å². The van der Waals surface area contributed by atoms with Crippen molar-refractivity contribution in [2.75, 3.05) is 0 Å². The quantitative estimate of drug-likeness (QED) is 0.758. The van der Waals surface area contributed by atoms with Crippen molar-refractivity contribution >= 4 is 22.7 Å². The van der Waals surface area contributed by atoms with Crippen molar-refractivity contribution in [1.29, 1.82) is 0 Å². The Morgan fingerprint density at radius 3 is 2.71 bits per heavy atom. The van der Waals surface area contributed by atoms with Crippen LogP contribution in [-0.4, -0.2) is 26.6 Å². The number of nitrogens with two attached hydrogens (primary N) is 1. The van der Waals surface area contributed by atoms with Gasteiger partial charge in [-0.2, -0.15) is 5.10 Å². The number of nitrogens with zero attached hydrogens (tertiary/aromatic N) is 3. The molecule has 0 fully saturated rings. The third-order valence-corrected chi connectivity index (χ3v) is 3.64. The number of carbonyl (C=O) groups excluding carboxylic acids is 2. The maximum Gasteiger partial charge on any atom is 0.269 e. The summed E-state index contributed by atoms with van der Waals surface area (Å²) in [7, 11) is 0. The molecule has 0 saturated carbocycles. The van der Waals surface area contributed by atoms with Crippen molar-refractivity contribution in [3.8, 4) is 5.82 Å². The van der Waals surface area contributed by atoms with Crippen LogP contribution in [0.2, 0.25) is 0 Å². The number of benzene rings is 1. The number of nitrogens with one attached hydrogen (secondary N) is 1. The van der Waals surface area contributed by atoms with Gasteiger partial charge in [0, 0.05) is 25.1 Å². The van der Waals surface area contributed by atoms with Crippen molar-refractivity contribution in [3.63, 3.8) is 0 Å². The normalized spacial score (nSPS) is 10.8. The molecule has 122 valence electrons. The number of rotatable bonds is 4. The van der Waals surface area contributed by atoms with Gasteiger partial charge in [0.1, 0.15) is 0 Å². The first-order valence-corrected chi connectivity index (χ1v) is 7.44. The van der Waals surface area contributed by atoms with Crippen molar-refractivity contribution in [2.45, 2.75) is 20.4 Å². The van der Waals surface area contributed by atoms with Gasteiger partial charge in [0.25, 0.3) is 5.91 Å². The lowest BCUT2D eigenvalue weighted by Crippen LogP contribution is -2.18. The Hall–Kier alpha value is -3.22. The maximum absolute atomic E-state index is 11.8. The SMILES string of the molecule is CC(=O)NCc1ccc2c(c1)c(C(N)=O)nn2-c1cc(C)ccn1. The maximum atomic E-state index is 11.8. The summed E-state index contributed by atoms with van der Waals surface area (Å²) in [4.78, 5) is 27.1. The van der Waals surface area contributed by atoms with E-state index in [1.165, 1.54) is 6.92 Å². The molecule has 0 spiro atoms. The highest BCUT2D eigenvalue weighted by atomic mass is 16.1. The lowest BCUT2D eigenvalue weighted by atomic mass is 10.1. The zero-order valence-electron chi connectivity index (χ0n) is 13.4. The van der Waals surface area contributed by atoms with E-state index in [1.807, 2.05) is 37.3 Å². The van der Waals surface area contributed by atoms with E-state index >= 15 is 0 Å². The minimum Gasteiger partial charge on any atom is -0.364 e. The molecule has 0 aliphatic carbocycles. The number of aryl methyl sites for hydroxylation is 1. The summed E-state index contributed by atoms with van der Waals surface area (Å²) in [6.07, 6.45) is 1.69. The Kier molecular flexibility index (Phi) is 3.99. The minimum absolute atomic E-state index is 0.120. The summed E-state index contributed by atoms with van der Waals surface area (Å²) in [6, 6.07) is 9.29. The molecule has 2 aromatic heterocycles. The minimum atomic E-state index is -0.608. The highest BCUT2D eigenvalue weighted by Gasteiger charge is 2.17. The van der Waals surface area contributed by atoms with Gasteiger partial charge < -0.3 is 11.1 Å². The van der Waals surface area contributed by atoms with E-state index in [0.717, 1.165) is 16.6 Å². The van der Waals surface area contributed by atoms with Crippen molar-refractivity contribution in [2.24, 2.45) is 5.73 Å². The summed E-state index contributed by atoms with van der Waals surface area (Å²) in [5.74, 6) is -0.116. The number of aromatic nitrogens is 3. The molecule has 0 unspecified atom stereocenters. The van der Waals surface area contributed by atoms with Gasteiger partial charge in [-0.15, -0.1) is 0 Å². The van der Waals surface area contributed by atoms with Crippen LogP contribution < -0.4 is 11.1 Å². The number of hydrogen-bond acceptors (Lipinski definition) is 4. The summed E-state index contributed by atoms with van der Waals surface area (Å²) >= 11 is 0. The van der Waals surface area contributed by atoms with Crippen LogP contribution in [0.3, 0.4) is 0 Å². The summed E-state index contributed by atoms with van der Waals surface area (Å²) in [5.41, 5.74) is 8.27. The van der Waals surface area contributed by atoms with Gasteiger partial charge in [0.05, 0.1) is 5.52 Å². The van der Waals surface area contributed by atoms with Crippen molar-refractivity contribution in [3.05, 3.63) is 53.3 Å². The van der Waals surface area contributed by atoms with Crippen LogP contribution >= 0.6 is 0 Å². The first-order chi connectivity index (χ1) is 11.5. The van der Waals surface area contributed by atoms with Crippen LogP contribution in [-0.2, 0) is 11.3 Å². The van der Waals surface area contributed by atoms with Crippen LogP contribution in [0, 0.1) is 6.92 Å². The molecule has 7 heteroatoms. The largest absolute Gasteiger partial charge is 0.364 e. The highest BCUT2D eigenvalue weighted by Crippen LogP contribution is 2.23. The summed E-state index contributed by atoms with van der Waals surface area (Å²) in [6.45, 7) is 3.78. The molecule has 0 bridgehead atoms. The molecule has 24 heavy (non-hydrogen) atoms. The van der Waals surface area contributed by atoms with E-state index in [1.54, 1.807) is 10.9 Å². The standard InChI is InChI=1S/C17H17N5O2/c1-10-5-6-19-15(7-10)22-14-4-3-12(9-20-11(2)23)8-13(14)16(21-22)17(18)24/h3-8H,9H2,1-2H3,(H2,18,24)(H,20,23). The van der Waals surface area contributed by atoms with Crippen LogP contribution in [0.1, 0.15) is 28.5 Å². The third-order valence-electron chi connectivity index (χ3n) is 3.64. The van der Waals surface area contributed by atoms with E-state index in [2.05, 4.69) is 15.4 Å². The second-order valence-corrected chi connectivity index (χ2v) is 5.58. The van der Waals surface area contributed by atoms with Gasteiger partial charge in [-0.3, -0.25) is 9.59 Å². The highest BCUT2D eigenvalue weighted by molar-refractivity contribution is 6.04. The van der Waals surface area contributed by atoms with Crippen LogP contribution in [0.4, 0.5) is 0 Å². The second-order valence-electron chi connectivity index (χ2n) is 5.58. The van der Waals surface area contributed by atoms with Gasteiger partial charge in [-0.05, 0) is 42.3 Å². The fraction of sp³-hybridized carbons (Fsp3) is 0.176. The number of fused-ring (bicyclic) bond motifs is 1. The molecule has 0 aliphatic heterocycles. The summed E-state index contributed by atoms with van der Waals surface area (Å²) in [5, 5.41) is 7.69. The first-order valence-electron chi connectivity index (χ1n) is 7.44. The van der Waals surface area contributed by atoms with E-state index < -0.39 is 5.91 Å². The van der Waals surface area contributed by atoms with Gasteiger partial charge in [0.2, 0.25) is 5.91 Å². The zero-order chi connectivity index (χ0) is 17.3. The van der Waals surface area contributed by atoms with Gasteiger partial charge in [0.15, 0.2) is 11.5 Å². The molecule has 2 amide bonds. The van der Waals surface area contributed by atoms with E-state index in [0.29, 0.717) is 17.7 Å². The van der Waals surface area contributed by atoms with Crippen molar-refractivity contribution in [1.82, 2.24) is 20.1 Å². The molecule has 0 saturated heterocycles. The number of amides is 2. The molecule has 0 atom stereocenters. The Bertz CT molecular complexity index is 945. The van der Waals surface area contributed by atoms with Crippen molar-refractivity contribution < 1.29 is 9.59 Å². The molecular formula is C17H17N5O2. The van der Waals surface area contributed by atoms with Gasteiger partial charge in [-0.25, -0.2) is 9.67 Å². The first kappa shape index (κ1) is 15.7. The molecular weight excluding hydrogens is 306 g/mol. The van der Waals surface area contributed by atoms with Gasteiger partial charge in [-0.1, -0.05) is 6.07 Å². The molecule has 1 aromatic carbocycles. The monoisotopic (exact) mass is 323 g/mol. The number of primary amides is 1. The molecule has 0 aliphatic rings. The van der Waals surface area contributed by atoms with Crippen LogP contribution in [0.25, 0.3) is 16.7 Å². The Balaban J connectivity index is 2.15. The van der Waals surface area contributed by atoms with Crippen LogP contribution in [0.15, 0.2) is 36.5 Å². The zero-order valence-corrected chi connectivity index (χ0v) is 13.4. The van der Waals surface area contributed by atoms with Gasteiger partial charge >= 0.3 is 0 Å². The van der Waals surface area contributed by atoms with E-state index in [4.69, 9.17) is 5.73 Å². The predicted molar refractivity (Wildman–Crippen MR) is 89.6 cm³/mol. The van der Waals surface area contributed by atoms with E-state index in [9.17, 15) is 9.59 Å². The number of carbonyl (C=O) groups is 2. The fourth-order valence-electron chi connectivity index (χ4n) is 2.49. The lowest BCUT2D eigenvalue weighted by molar-refractivity contribution is -0.119. The Morgan fingerprint density at radius 1 is 1.25 bits per heavy atom. The molecule has 3 aromatic rings.